The van der Waals surface area contributed by atoms with E-state index in [0.29, 0.717) is 17.2 Å². The number of aromatic nitrogens is 2. The molecule has 0 bridgehead atoms. The van der Waals surface area contributed by atoms with Crippen LogP contribution in [0.4, 0.5) is 0 Å². The number of rotatable bonds is 6. The summed E-state index contributed by atoms with van der Waals surface area (Å²) in [6.45, 7) is 4.37. The Labute approximate surface area is 152 Å². The van der Waals surface area contributed by atoms with Crippen molar-refractivity contribution in [1.29, 1.82) is 0 Å². The van der Waals surface area contributed by atoms with Crippen molar-refractivity contribution in [3.05, 3.63) is 36.4 Å². The summed E-state index contributed by atoms with van der Waals surface area (Å²) < 4.78 is 5.99. The van der Waals surface area contributed by atoms with Crippen LogP contribution in [0, 0.1) is 0 Å². The molecule has 0 amide bonds. The number of fused-ring (bicyclic) bond motifs is 1. The fourth-order valence-electron chi connectivity index (χ4n) is 3.89. The van der Waals surface area contributed by atoms with Crippen LogP contribution in [0.5, 0.6) is 0 Å². The van der Waals surface area contributed by atoms with Crippen molar-refractivity contribution in [2.75, 3.05) is 26.2 Å². The summed E-state index contributed by atoms with van der Waals surface area (Å²) in [7, 11) is 0. The van der Waals surface area contributed by atoms with Crippen LogP contribution in [-0.2, 0) is 6.54 Å². The van der Waals surface area contributed by atoms with Gasteiger partial charge in [-0.15, -0.1) is 0 Å². The van der Waals surface area contributed by atoms with Gasteiger partial charge in [0.1, 0.15) is 5.76 Å². The summed E-state index contributed by atoms with van der Waals surface area (Å²) >= 11 is 1.44. The van der Waals surface area contributed by atoms with Gasteiger partial charge in [0.15, 0.2) is 10.2 Å². The molecule has 134 valence electrons. The van der Waals surface area contributed by atoms with Crippen molar-refractivity contribution in [1.82, 2.24) is 19.8 Å². The summed E-state index contributed by atoms with van der Waals surface area (Å²) in [5, 5.41) is 10.9. The highest BCUT2D eigenvalue weighted by atomic mass is 32.2. The highest BCUT2D eigenvalue weighted by Crippen LogP contribution is 2.30. The Balaban J connectivity index is 1.41. The third-order valence-corrected chi connectivity index (χ3v) is 5.91. The Morgan fingerprint density at radius 3 is 2.96 bits per heavy atom. The quantitative estimate of drug-likeness (QED) is 0.793. The fourth-order valence-corrected chi connectivity index (χ4v) is 4.58. The number of nitrogens with zero attached hydrogens (tertiary/aromatic N) is 4. The standard InChI is InChI=1S/C18H24N4O2S/c23-10-6-15-11-21-9-1-3-14(21)12-22(15)13-16-4-5-17(24-16)25-18-19-7-2-8-20-18/h2,4-5,7-8,14-15,23H,1,3,6,9-13H2/t14-,15+/m1/s1. The molecular weight excluding hydrogens is 336 g/mol. The molecule has 0 aliphatic carbocycles. The second-order valence-electron chi connectivity index (χ2n) is 6.74. The monoisotopic (exact) mass is 360 g/mol. The van der Waals surface area contributed by atoms with Crippen molar-refractivity contribution >= 4 is 11.8 Å². The molecule has 2 saturated heterocycles. The predicted molar refractivity (Wildman–Crippen MR) is 95.4 cm³/mol. The van der Waals surface area contributed by atoms with Gasteiger partial charge in [-0.3, -0.25) is 9.80 Å². The Morgan fingerprint density at radius 2 is 2.12 bits per heavy atom. The van der Waals surface area contributed by atoms with Gasteiger partial charge in [0.25, 0.3) is 0 Å². The lowest BCUT2D eigenvalue weighted by molar-refractivity contribution is 0.0287. The molecule has 4 rings (SSSR count). The summed E-state index contributed by atoms with van der Waals surface area (Å²) in [4.78, 5) is 13.5. The Bertz CT molecular complexity index is 681. The lowest BCUT2D eigenvalue weighted by atomic mass is 10.0. The van der Waals surface area contributed by atoms with Crippen LogP contribution in [0.25, 0.3) is 0 Å². The molecule has 2 atom stereocenters. The molecule has 2 aliphatic rings. The molecule has 6 nitrogen and oxygen atoms in total. The molecule has 2 aromatic heterocycles. The van der Waals surface area contributed by atoms with Crippen molar-refractivity contribution in [3.63, 3.8) is 0 Å². The van der Waals surface area contributed by atoms with Gasteiger partial charge in [0.2, 0.25) is 0 Å². The van der Waals surface area contributed by atoms with Crippen LogP contribution in [0.3, 0.4) is 0 Å². The van der Waals surface area contributed by atoms with Crippen LogP contribution in [0.15, 0.2) is 45.3 Å². The smallest absolute Gasteiger partial charge is 0.195 e. The molecule has 0 spiro atoms. The van der Waals surface area contributed by atoms with E-state index in [1.54, 1.807) is 12.4 Å². The maximum atomic E-state index is 9.43. The highest BCUT2D eigenvalue weighted by Gasteiger charge is 2.36. The van der Waals surface area contributed by atoms with Crippen molar-refractivity contribution in [2.45, 2.75) is 48.1 Å². The van der Waals surface area contributed by atoms with Crippen LogP contribution in [0.1, 0.15) is 25.0 Å². The first kappa shape index (κ1) is 17.0. The maximum absolute atomic E-state index is 9.43. The first-order valence-electron chi connectivity index (χ1n) is 8.94. The molecule has 0 saturated carbocycles. The Hall–Kier alpha value is -1.41. The van der Waals surface area contributed by atoms with E-state index >= 15 is 0 Å². The minimum atomic E-state index is 0.240. The lowest BCUT2D eigenvalue weighted by Gasteiger charge is -2.43. The normalized spacial score (nSPS) is 24.5. The molecule has 4 heterocycles. The van der Waals surface area contributed by atoms with E-state index in [-0.39, 0.29) is 6.61 Å². The maximum Gasteiger partial charge on any atom is 0.195 e. The van der Waals surface area contributed by atoms with Crippen LogP contribution >= 0.6 is 11.8 Å². The van der Waals surface area contributed by atoms with E-state index in [0.717, 1.165) is 36.9 Å². The van der Waals surface area contributed by atoms with E-state index in [4.69, 9.17) is 4.42 Å². The van der Waals surface area contributed by atoms with E-state index in [1.165, 1.54) is 31.1 Å². The van der Waals surface area contributed by atoms with Gasteiger partial charge in [-0.25, -0.2) is 9.97 Å². The first-order chi connectivity index (χ1) is 12.3. The van der Waals surface area contributed by atoms with Crippen molar-refractivity contribution in [2.24, 2.45) is 0 Å². The van der Waals surface area contributed by atoms with Crippen molar-refractivity contribution in [3.8, 4) is 0 Å². The average molecular weight is 360 g/mol. The second kappa shape index (κ2) is 7.86. The molecule has 25 heavy (non-hydrogen) atoms. The molecule has 7 heteroatoms. The van der Waals surface area contributed by atoms with Gasteiger partial charge in [-0.1, -0.05) is 0 Å². The molecule has 2 fully saturated rings. The molecule has 2 aromatic rings. The molecular formula is C18H24N4O2S. The molecule has 2 aliphatic heterocycles. The van der Waals surface area contributed by atoms with Gasteiger partial charge < -0.3 is 9.52 Å². The SMILES string of the molecule is OCC[C@H]1CN2CCC[C@@H]2CN1Cc1ccc(Sc2ncccn2)o1. The van der Waals surface area contributed by atoms with Crippen molar-refractivity contribution < 1.29 is 9.52 Å². The first-order valence-corrected chi connectivity index (χ1v) is 9.76. The summed E-state index contributed by atoms with van der Waals surface area (Å²) in [6, 6.07) is 6.90. The molecule has 0 aromatic carbocycles. The number of piperazine rings is 1. The lowest BCUT2D eigenvalue weighted by Crippen LogP contribution is -2.55. The number of furan rings is 1. The van der Waals surface area contributed by atoms with Crippen LogP contribution in [0.2, 0.25) is 0 Å². The Kier molecular flexibility index (Phi) is 5.36. The third kappa shape index (κ3) is 4.06. The number of hydrogen-bond acceptors (Lipinski definition) is 7. The predicted octanol–water partition coefficient (Wildman–Crippen LogP) is 2.25. The van der Waals surface area contributed by atoms with Gasteiger partial charge >= 0.3 is 0 Å². The van der Waals surface area contributed by atoms with Gasteiger partial charge in [-0.05, 0) is 55.8 Å². The fraction of sp³-hybridized carbons (Fsp3) is 0.556. The van der Waals surface area contributed by atoms with E-state index < -0.39 is 0 Å². The number of hydrogen-bond donors (Lipinski definition) is 1. The zero-order valence-electron chi connectivity index (χ0n) is 14.3. The zero-order chi connectivity index (χ0) is 17.1. The highest BCUT2D eigenvalue weighted by molar-refractivity contribution is 7.99. The van der Waals surface area contributed by atoms with Gasteiger partial charge in [-0.2, -0.15) is 0 Å². The second-order valence-corrected chi connectivity index (χ2v) is 7.71. The molecule has 0 unspecified atom stereocenters. The topological polar surface area (TPSA) is 65.6 Å². The summed E-state index contributed by atoms with van der Waals surface area (Å²) in [6.07, 6.45) is 6.87. The minimum absolute atomic E-state index is 0.240. The Morgan fingerprint density at radius 1 is 1.24 bits per heavy atom. The van der Waals surface area contributed by atoms with Crippen LogP contribution < -0.4 is 0 Å². The van der Waals surface area contributed by atoms with Gasteiger partial charge in [0, 0.05) is 44.2 Å². The average Bonchev–Trinajstić information content (AvgIpc) is 3.25. The van der Waals surface area contributed by atoms with E-state index in [9.17, 15) is 5.11 Å². The van der Waals surface area contributed by atoms with Gasteiger partial charge in [0.05, 0.1) is 6.54 Å². The summed E-state index contributed by atoms with van der Waals surface area (Å²) in [5.41, 5.74) is 0. The van der Waals surface area contributed by atoms with E-state index in [2.05, 4.69) is 19.8 Å². The zero-order valence-corrected chi connectivity index (χ0v) is 15.1. The largest absolute Gasteiger partial charge is 0.453 e. The molecule has 1 N–H and O–H groups in total. The number of aliphatic hydroxyl groups is 1. The number of aliphatic hydroxyl groups excluding tert-OH is 1. The third-order valence-electron chi connectivity index (χ3n) is 5.10. The summed E-state index contributed by atoms with van der Waals surface area (Å²) in [5.74, 6) is 0.966. The van der Waals surface area contributed by atoms with Crippen LogP contribution in [-0.4, -0.2) is 63.2 Å². The minimum Gasteiger partial charge on any atom is -0.453 e. The molecule has 0 radical (unpaired) electrons. The van der Waals surface area contributed by atoms with E-state index in [1.807, 2.05) is 18.2 Å².